The Morgan fingerprint density at radius 1 is 1.56 bits per heavy atom. The smallest absolute Gasteiger partial charge is 0.293 e. The van der Waals surface area contributed by atoms with Gasteiger partial charge in [0.05, 0.1) is 23.1 Å². The van der Waals surface area contributed by atoms with Crippen molar-refractivity contribution >= 4 is 11.4 Å². The maximum absolute atomic E-state index is 10.7. The van der Waals surface area contributed by atoms with Gasteiger partial charge in [-0.1, -0.05) is 5.92 Å². The van der Waals surface area contributed by atoms with Crippen LogP contribution in [0.2, 0.25) is 0 Å². The van der Waals surface area contributed by atoms with Gasteiger partial charge in [-0.2, -0.15) is 5.26 Å². The lowest BCUT2D eigenvalue weighted by molar-refractivity contribution is -0.384. The minimum absolute atomic E-state index is 0.114. The number of nitriles is 1. The predicted molar refractivity (Wildman–Crippen MR) is 59.8 cm³/mol. The van der Waals surface area contributed by atoms with E-state index in [-0.39, 0.29) is 11.3 Å². The Labute approximate surface area is 92.9 Å². The molecule has 0 unspecified atom stereocenters. The lowest BCUT2D eigenvalue weighted by Crippen LogP contribution is -2.02. The minimum Gasteiger partial charge on any atom is -0.369 e. The summed E-state index contributed by atoms with van der Waals surface area (Å²) in [5.41, 5.74) is 0.516. The third kappa shape index (κ3) is 2.73. The Kier molecular flexibility index (Phi) is 3.88. The van der Waals surface area contributed by atoms with Crippen molar-refractivity contribution in [3.63, 3.8) is 0 Å². The number of nitrogens with one attached hydrogen (secondary N) is 1. The molecule has 0 amide bonds. The molecule has 0 saturated carbocycles. The summed E-state index contributed by atoms with van der Waals surface area (Å²) >= 11 is 0. The van der Waals surface area contributed by atoms with Gasteiger partial charge >= 0.3 is 0 Å². The van der Waals surface area contributed by atoms with Gasteiger partial charge in [0.1, 0.15) is 5.69 Å². The molecule has 1 aromatic rings. The van der Waals surface area contributed by atoms with E-state index < -0.39 is 4.92 Å². The first kappa shape index (κ1) is 11.5. The van der Waals surface area contributed by atoms with Gasteiger partial charge in [-0.3, -0.25) is 10.1 Å². The first-order chi connectivity index (χ1) is 7.69. The normalized spacial score (nSPS) is 8.50. The Bertz CT molecular complexity index is 506. The quantitative estimate of drug-likeness (QED) is 0.474. The van der Waals surface area contributed by atoms with Crippen molar-refractivity contribution in [1.29, 1.82) is 5.26 Å². The molecule has 0 atom stereocenters. The molecule has 1 N–H and O–H groups in total. The van der Waals surface area contributed by atoms with Gasteiger partial charge in [-0.05, 0) is 19.1 Å². The molecule has 0 spiro atoms. The fourth-order valence-electron chi connectivity index (χ4n) is 1.13. The van der Waals surface area contributed by atoms with Gasteiger partial charge in [0.25, 0.3) is 5.69 Å². The molecule has 0 aliphatic rings. The molecule has 0 aliphatic heterocycles. The summed E-state index contributed by atoms with van der Waals surface area (Å²) in [4.78, 5) is 10.2. The summed E-state index contributed by atoms with van der Waals surface area (Å²) in [5, 5.41) is 22.2. The van der Waals surface area contributed by atoms with Gasteiger partial charge in [0.2, 0.25) is 0 Å². The number of benzene rings is 1. The summed E-state index contributed by atoms with van der Waals surface area (Å²) in [6.07, 6.45) is 0. The third-order valence-electron chi connectivity index (χ3n) is 1.87. The molecule has 0 aromatic heterocycles. The average Bonchev–Trinajstić information content (AvgIpc) is 2.29. The van der Waals surface area contributed by atoms with Crippen LogP contribution in [-0.2, 0) is 0 Å². The van der Waals surface area contributed by atoms with Crippen molar-refractivity contribution in [3.05, 3.63) is 33.9 Å². The number of hydrogen-bond donors (Lipinski definition) is 1. The molecule has 16 heavy (non-hydrogen) atoms. The second kappa shape index (κ2) is 5.38. The maximum Gasteiger partial charge on any atom is 0.293 e. The van der Waals surface area contributed by atoms with Crippen molar-refractivity contribution in [2.24, 2.45) is 0 Å². The Morgan fingerprint density at radius 2 is 2.31 bits per heavy atom. The Hall–Kier alpha value is -2.53. The monoisotopic (exact) mass is 215 g/mol. The minimum atomic E-state index is -0.525. The fraction of sp³-hybridized carbons (Fsp3) is 0.182. The van der Waals surface area contributed by atoms with E-state index >= 15 is 0 Å². The van der Waals surface area contributed by atoms with E-state index in [1.165, 1.54) is 18.2 Å². The number of rotatable bonds is 3. The number of nitro groups is 1. The molecule has 0 saturated heterocycles. The lowest BCUT2D eigenvalue weighted by atomic mass is 10.2. The van der Waals surface area contributed by atoms with Gasteiger partial charge in [-0.15, -0.1) is 5.92 Å². The van der Waals surface area contributed by atoms with Crippen LogP contribution in [0.5, 0.6) is 0 Å². The van der Waals surface area contributed by atoms with Crippen LogP contribution in [0.3, 0.4) is 0 Å². The molecule has 1 rings (SSSR count). The van der Waals surface area contributed by atoms with E-state index in [1.807, 2.05) is 6.07 Å². The second-order valence-corrected chi connectivity index (χ2v) is 2.88. The van der Waals surface area contributed by atoms with Crippen LogP contribution in [0.1, 0.15) is 12.5 Å². The van der Waals surface area contributed by atoms with Gasteiger partial charge < -0.3 is 5.32 Å². The molecular formula is C11H9N3O2. The van der Waals surface area contributed by atoms with Crippen LogP contribution in [0.4, 0.5) is 11.4 Å². The molecule has 0 bridgehead atoms. The molecular weight excluding hydrogens is 206 g/mol. The van der Waals surface area contributed by atoms with E-state index in [4.69, 9.17) is 5.26 Å². The van der Waals surface area contributed by atoms with Crippen LogP contribution < -0.4 is 5.32 Å². The van der Waals surface area contributed by atoms with Crippen LogP contribution in [0.15, 0.2) is 18.2 Å². The van der Waals surface area contributed by atoms with Crippen LogP contribution in [-0.4, -0.2) is 11.5 Å². The van der Waals surface area contributed by atoms with Crippen LogP contribution >= 0.6 is 0 Å². The molecule has 0 radical (unpaired) electrons. The maximum atomic E-state index is 10.7. The van der Waals surface area contributed by atoms with E-state index in [1.54, 1.807) is 6.92 Å². The van der Waals surface area contributed by atoms with E-state index in [2.05, 4.69) is 17.2 Å². The first-order valence-corrected chi connectivity index (χ1v) is 4.51. The first-order valence-electron chi connectivity index (χ1n) is 4.51. The fourth-order valence-corrected chi connectivity index (χ4v) is 1.13. The Morgan fingerprint density at radius 3 is 2.88 bits per heavy atom. The summed E-state index contributed by atoms with van der Waals surface area (Å²) in [5.74, 6) is 5.42. The number of nitro benzene ring substituents is 1. The highest BCUT2D eigenvalue weighted by Crippen LogP contribution is 2.24. The van der Waals surface area contributed by atoms with Crippen molar-refractivity contribution in [1.82, 2.24) is 0 Å². The molecule has 5 heteroatoms. The summed E-state index contributed by atoms with van der Waals surface area (Å²) in [6, 6.07) is 6.12. The average molecular weight is 215 g/mol. The zero-order valence-corrected chi connectivity index (χ0v) is 8.65. The van der Waals surface area contributed by atoms with E-state index in [0.29, 0.717) is 12.2 Å². The third-order valence-corrected chi connectivity index (χ3v) is 1.87. The number of hydrogen-bond acceptors (Lipinski definition) is 4. The molecule has 0 fully saturated rings. The number of anilines is 1. The number of nitrogens with zero attached hydrogens (tertiary/aromatic N) is 2. The van der Waals surface area contributed by atoms with E-state index in [0.717, 1.165) is 0 Å². The van der Waals surface area contributed by atoms with Crippen LogP contribution in [0.25, 0.3) is 0 Å². The van der Waals surface area contributed by atoms with Crippen molar-refractivity contribution in [2.45, 2.75) is 6.92 Å². The van der Waals surface area contributed by atoms with Gasteiger partial charge in [0, 0.05) is 6.07 Å². The zero-order chi connectivity index (χ0) is 12.0. The van der Waals surface area contributed by atoms with Gasteiger partial charge in [-0.25, -0.2) is 0 Å². The predicted octanol–water partition coefficient (Wildman–Crippen LogP) is 1.90. The van der Waals surface area contributed by atoms with Crippen LogP contribution in [0, 0.1) is 33.3 Å². The summed E-state index contributed by atoms with van der Waals surface area (Å²) < 4.78 is 0. The highest BCUT2D eigenvalue weighted by atomic mass is 16.6. The SMILES string of the molecule is CC#CCNc1ccc(C#N)cc1[N+](=O)[O-]. The highest BCUT2D eigenvalue weighted by Gasteiger charge is 2.13. The largest absolute Gasteiger partial charge is 0.369 e. The Balaban J connectivity index is 3.02. The van der Waals surface area contributed by atoms with E-state index in [9.17, 15) is 10.1 Å². The highest BCUT2D eigenvalue weighted by molar-refractivity contribution is 5.64. The van der Waals surface area contributed by atoms with Gasteiger partial charge in [0.15, 0.2) is 0 Å². The molecule has 5 nitrogen and oxygen atoms in total. The summed E-state index contributed by atoms with van der Waals surface area (Å²) in [6.45, 7) is 2.03. The van der Waals surface area contributed by atoms with Crippen molar-refractivity contribution in [3.8, 4) is 17.9 Å². The molecule has 1 aromatic carbocycles. The second-order valence-electron chi connectivity index (χ2n) is 2.88. The molecule has 0 aliphatic carbocycles. The summed E-state index contributed by atoms with van der Waals surface area (Å²) in [7, 11) is 0. The zero-order valence-electron chi connectivity index (χ0n) is 8.65. The molecule has 0 heterocycles. The standard InChI is InChI=1S/C11H9N3O2/c1-2-3-6-13-10-5-4-9(8-12)7-11(10)14(15)16/h4-5,7,13H,6H2,1H3. The lowest BCUT2D eigenvalue weighted by Gasteiger charge is -2.03. The molecule has 80 valence electrons. The topological polar surface area (TPSA) is 79.0 Å². The van der Waals surface area contributed by atoms with Crippen molar-refractivity contribution < 1.29 is 4.92 Å². The van der Waals surface area contributed by atoms with Crippen molar-refractivity contribution in [2.75, 3.05) is 11.9 Å².